The molecule has 2 nitrogen and oxygen atoms in total. The fourth-order valence-electron chi connectivity index (χ4n) is 1.12. The van der Waals surface area contributed by atoms with Crippen molar-refractivity contribution < 1.29 is 13.5 Å². The number of ether oxygens (including phenoxy) is 1. The number of hydrogen-bond donors (Lipinski definition) is 1. The molecule has 4 heteroatoms. The molecule has 0 heterocycles. The lowest BCUT2D eigenvalue weighted by molar-refractivity contribution is 0.176. The van der Waals surface area contributed by atoms with Gasteiger partial charge in [-0.3, -0.25) is 5.32 Å². The molecule has 1 aromatic carbocycles. The molecule has 0 amide bonds. The first-order valence-electron chi connectivity index (χ1n) is 4.37. The minimum absolute atomic E-state index is 0.433. The molecule has 1 rings (SSSR count). The molecule has 0 aromatic heterocycles. The van der Waals surface area contributed by atoms with Gasteiger partial charge in [0.15, 0.2) is 0 Å². The standard InChI is InChI=1S/C10H13F2NO/c1-14-7-13-5-4-8-2-3-9(11)6-10(8)12/h2-3,6,13H,4-5,7H2,1H3. The first kappa shape index (κ1) is 11.1. The molecule has 14 heavy (non-hydrogen) atoms. The summed E-state index contributed by atoms with van der Waals surface area (Å²) >= 11 is 0. The molecule has 0 aliphatic rings. The monoisotopic (exact) mass is 201 g/mol. The molecular formula is C10H13F2NO. The van der Waals surface area contributed by atoms with E-state index in [0.717, 1.165) is 6.07 Å². The summed E-state index contributed by atoms with van der Waals surface area (Å²) in [5, 5.41) is 2.94. The van der Waals surface area contributed by atoms with Crippen molar-refractivity contribution >= 4 is 0 Å². The number of benzene rings is 1. The maximum absolute atomic E-state index is 13.1. The predicted molar refractivity (Wildman–Crippen MR) is 49.9 cm³/mol. The predicted octanol–water partition coefficient (Wildman–Crippen LogP) is 1.70. The Bertz CT molecular complexity index is 291. The van der Waals surface area contributed by atoms with E-state index in [1.165, 1.54) is 12.1 Å². The lowest BCUT2D eigenvalue weighted by atomic mass is 10.1. The minimum Gasteiger partial charge on any atom is -0.370 e. The van der Waals surface area contributed by atoms with E-state index >= 15 is 0 Å². The first-order valence-corrected chi connectivity index (χ1v) is 4.37. The highest BCUT2D eigenvalue weighted by molar-refractivity contribution is 5.18. The van der Waals surface area contributed by atoms with Crippen molar-refractivity contribution in [1.82, 2.24) is 5.32 Å². The van der Waals surface area contributed by atoms with Crippen molar-refractivity contribution in [2.24, 2.45) is 0 Å². The second kappa shape index (κ2) is 5.67. The molecule has 0 fully saturated rings. The van der Waals surface area contributed by atoms with Gasteiger partial charge in [0.1, 0.15) is 11.6 Å². The number of halogens is 2. The molecule has 0 aliphatic heterocycles. The molecule has 1 N–H and O–H groups in total. The molecular weight excluding hydrogens is 188 g/mol. The van der Waals surface area contributed by atoms with E-state index in [9.17, 15) is 8.78 Å². The van der Waals surface area contributed by atoms with E-state index in [2.05, 4.69) is 5.32 Å². The van der Waals surface area contributed by atoms with Crippen molar-refractivity contribution in [2.45, 2.75) is 6.42 Å². The van der Waals surface area contributed by atoms with Crippen LogP contribution < -0.4 is 5.32 Å². The van der Waals surface area contributed by atoms with Gasteiger partial charge in [0, 0.05) is 19.7 Å². The van der Waals surface area contributed by atoms with Crippen molar-refractivity contribution in [3.63, 3.8) is 0 Å². The second-order valence-electron chi connectivity index (χ2n) is 2.92. The van der Waals surface area contributed by atoms with Crippen LogP contribution in [0.3, 0.4) is 0 Å². The second-order valence-corrected chi connectivity index (χ2v) is 2.92. The third-order valence-corrected chi connectivity index (χ3v) is 1.83. The summed E-state index contributed by atoms with van der Waals surface area (Å²) in [6, 6.07) is 3.61. The zero-order chi connectivity index (χ0) is 10.4. The summed E-state index contributed by atoms with van der Waals surface area (Å²) in [7, 11) is 1.57. The highest BCUT2D eigenvalue weighted by atomic mass is 19.1. The van der Waals surface area contributed by atoms with Crippen LogP contribution in [0.2, 0.25) is 0 Å². The van der Waals surface area contributed by atoms with E-state index in [0.29, 0.717) is 25.3 Å². The zero-order valence-corrected chi connectivity index (χ0v) is 8.02. The fourth-order valence-corrected chi connectivity index (χ4v) is 1.12. The van der Waals surface area contributed by atoms with Crippen LogP contribution >= 0.6 is 0 Å². The fraction of sp³-hybridized carbons (Fsp3) is 0.400. The number of hydrogen-bond acceptors (Lipinski definition) is 2. The van der Waals surface area contributed by atoms with E-state index in [1.807, 2.05) is 0 Å². The van der Waals surface area contributed by atoms with Crippen molar-refractivity contribution in [3.8, 4) is 0 Å². The van der Waals surface area contributed by atoms with E-state index in [4.69, 9.17) is 4.74 Å². The minimum atomic E-state index is -0.545. The summed E-state index contributed by atoms with van der Waals surface area (Å²) in [5.41, 5.74) is 0.509. The average Bonchev–Trinajstić information content (AvgIpc) is 2.15. The third kappa shape index (κ3) is 3.40. The molecule has 0 unspecified atom stereocenters. The Morgan fingerprint density at radius 2 is 2.14 bits per heavy atom. The Labute approximate surface area is 81.9 Å². The van der Waals surface area contributed by atoms with Crippen molar-refractivity contribution in [2.75, 3.05) is 20.4 Å². The van der Waals surface area contributed by atoms with Crippen LogP contribution in [0.25, 0.3) is 0 Å². The van der Waals surface area contributed by atoms with E-state index in [1.54, 1.807) is 7.11 Å². The van der Waals surface area contributed by atoms with Crippen LogP contribution in [-0.2, 0) is 11.2 Å². The Balaban J connectivity index is 2.42. The maximum atomic E-state index is 13.1. The molecule has 78 valence electrons. The average molecular weight is 201 g/mol. The summed E-state index contributed by atoms with van der Waals surface area (Å²) < 4.78 is 30.3. The number of rotatable bonds is 5. The Morgan fingerprint density at radius 3 is 2.79 bits per heavy atom. The highest BCUT2D eigenvalue weighted by Crippen LogP contribution is 2.09. The molecule has 0 spiro atoms. The topological polar surface area (TPSA) is 21.3 Å². The number of nitrogens with one attached hydrogen (secondary N) is 1. The quantitative estimate of drug-likeness (QED) is 0.578. The van der Waals surface area contributed by atoms with Crippen LogP contribution in [0.5, 0.6) is 0 Å². The highest BCUT2D eigenvalue weighted by Gasteiger charge is 2.02. The van der Waals surface area contributed by atoms with Crippen LogP contribution in [0.4, 0.5) is 8.78 Å². The Kier molecular flexibility index (Phi) is 4.49. The largest absolute Gasteiger partial charge is 0.370 e. The van der Waals surface area contributed by atoms with E-state index in [-0.39, 0.29) is 0 Å². The molecule has 0 bridgehead atoms. The lowest BCUT2D eigenvalue weighted by Gasteiger charge is -2.04. The van der Waals surface area contributed by atoms with Gasteiger partial charge >= 0.3 is 0 Å². The molecule has 0 saturated heterocycles. The van der Waals surface area contributed by atoms with Crippen molar-refractivity contribution in [3.05, 3.63) is 35.4 Å². The first-order chi connectivity index (χ1) is 6.74. The van der Waals surface area contributed by atoms with Crippen LogP contribution in [-0.4, -0.2) is 20.4 Å². The molecule has 0 radical (unpaired) electrons. The van der Waals surface area contributed by atoms with Gasteiger partial charge < -0.3 is 4.74 Å². The maximum Gasteiger partial charge on any atom is 0.129 e. The SMILES string of the molecule is COCNCCc1ccc(F)cc1F. The summed E-state index contributed by atoms with van der Waals surface area (Å²) in [5.74, 6) is -1.04. The van der Waals surface area contributed by atoms with E-state index < -0.39 is 11.6 Å². The van der Waals surface area contributed by atoms with Gasteiger partial charge in [0.2, 0.25) is 0 Å². The van der Waals surface area contributed by atoms with Gasteiger partial charge in [0.25, 0.3) is 0 Å². The van der Waals surface area contributed by atoms with Crippen LogP contribution in [0.1, 0.15) is 5.56 Å². The summed E-state index contributed by atoms with van der Waals surface area (Å²) in [4.78, 5) is 0. The van der Waals surface area contributed by atoms with Gasteiger partial charge in [-0.1, -0.05) is 6.07 Å². The third-order valence-electron chi connectivity index (χ3n) is 1.83. The summed E-state index contributed by atoms with van der Waals surface area (Å²) in [6.07, 6.45) is 0.523. The summed E-state index contributed by atoms with van der Waals surface area (Å²) in [6.45, 7) is 1.04. The Hall–Kier alpha value is -1.00. The van der Waals surface area contributed by atoms with Gasteiger partial charge in [0.05, 0.1) is 6.73 Å². The van der Waals surface area contributed by atoms with Crippen molar-refractivity contribution in [1.29, 1.82) is 0 Å². The van der Waals surface area contributed by atoms with Gasteiger partial charge in [-0.15, -0.1) is 0 Å². The number of methoxy groups -OCH3 is 1. The zero-order valence-electron chi connectivity index (χ0n) is 8.02. The Morgan fingerprint density at radius 1 is 1.36 bits per heavy atom. The van der Waals surface area contributed by atoms with Gasteiger partial charge in [-0.2, -0.15) is 0 Å². The van der Waals surface area contributed by atoms with Gasteiger partial charge in [-0.05, 0) is 18.1 Å². The molecule has 0 atom stereocenters. The molecule has 0 aliphatic carbocycles. The molecule has 1 aromatic rings. The van der Waals surface area contributed by atoms with Gasteiger partial charge in [-0.25, -0.2) is 8.78 Å². The smallest absolute Gasteiger partial charge is 0.129 e. The normalized spacial score (nSPS) is 10.5. The lowest BCUT2D eigenvalue weighted by Crippen LogP contribution is -2.19. The molecule has 0 saturated carbocycles. The van der Waals surface area contributed by atoms with Crippen LogP contribution in [0, 0.1) is 11.6 Å². The van der Waals surface area contributed by atoms with Crippen LogP contribution in [0.15, 0.2) is 18.2 Å².